The zero-order valence-electron chi connectivity index (χ0n) is 9.77. The molecule has 0 bridgehead atoms. The summed E-state index contributed by atoms with van der Waals surface area (Å²) in [7, 11) is 2.90. The quantitative estimate of drug-likeness (QED) is 0.736. The molecule has 17 heavy (non-hydrogen) atoms. The summed E-state index contributed by atoms with van der Waals surface area (Å²) in [5.41, 5.74) is 0.370. The summed E-state index contributed by atoms with van der Waals surface area (Å²) in [5.74, 6) is 0.469. The van der Waals surface area contributed by atoms with Crippen molar-refractivity contribution in [2.75, 3.05) is 20.7 Å². The van der Waals surface area contributed by atoms with Gasteiger partial charge in [-0.15, -0.1) is 0 Å². The number of hydrogen-bond donors (Lipinski definition) is 1. The highest BCUT2D eigenvalue weighted by atomic mass is 16.5. The molecule has 1 N–H and O–H groups in total. The number of hydrogen-bond acceptors (Lipinski definition) is 4. The van der Waals surface area contributed by atoms with Crippen LogP contribution in [0.2, 0.25) is 0 Å². The summed E-state index contributed by atoms with van der Waals surface area (Å²) in [5, 5.41) is 2.52. The zero-order valence-corrected chi connectivity index (χ0v) is 9.77. The second kappa shape index (κ2) is 4.44. The molecular weight excluding hydrogens is 224 g/mol. The number of carbonyl (C=O) groups excluding carboxylic acids is 2. The number of carbonyl (C=O) groups is 2. The molecule has 0 saturated carbocycles. The van der Waals surface area contributed by atoms with Gasteiger partial charge in [-0.2, -0.15) is 0 Å². The Morgan fingerprint density at radius 3 is 2.88 bits per heavy atom. The van der Waals surface area contributed by atoms with Gasteiger partial charge in [-0.1, -0.05) is 0 Å². The molecule has 0 saturated heterocycles. The van der Waals surface area contributed by atoms with Crippen molar-refractivity contribution in [3.63, 3.8) is 0 Å². The van der Waals surface area contributed by atoms with E-state index in [9.17, 15) is 9.59 Å². The smallest absolute Gasteiger partial charge is 0.409 e. The number of amides is 2. The van der Waals surface area contributed by atoms with E-state index in [0.717, 1.165) is 0 Å². The molecule has 1 aliphatic heterocycles. The Hall–Kier alpha value is -2.05. The number of nitrogens with one attached hydrogen (secondary N) is 1. The van der Waals surface area contributed by atoms with Crippen LogP contribution in [0.25, 0.3) is 0 Å². The normalized spacial score (nSPS) is 14.1. The topological polar surface area (TPSA) is 76.5 Å². The highest BCUT2D eigenvalue weighted by Gasteiger charge is 2.23. The van der Waals surface area contributed by atoms with E-state index in [1.165, 1.54) is 7.11 Å². The van der Waals surface area contributed by atoms with E-state index in [-0.39, 0.29) is 12.0 Å². The molecule has 0 aromatic carbocycles. The fourth-order valence-corrected chi connectivity index (χ4v) is 1.77. The summed E-state index contributed by atoms with van der Waals surface area (Å²) >= 11 is 0. The third kappa shape index (κ3) is 2.08. The molecule has 0 spiro atoms. The van der Waals surface area contributed by atoms with Crippen molar-refractivity contribution in [3.05, 3.63) is 17.7 Å². The van der Waals surface area contributed by atoms with E-state index in [4.69, 9.17) is 0 Å². The highest BCUT2D eigenvalue weighted by Crippen LogP contribution is 2.13. The summed E-state index contributed by atoms with van der Waals surface area (Å²) in [6, 6.07) is 0. The van der Waals surface area contributed by atoms with Crippen LogP contribution in [0.15, 0.2) is 6.20 Å². The van der Waals surface area contributed by atoms with Gasteiger partial charge in [0, 0.05) is 26.3 Å². The molecule has 0 radical (unpaired) electrons. The van der Waals surface area contributed by atoms with E-state index in [0.29, 0.717) is 31.2 Å². The Labute approximate surface area is 98.4 Å². The average molecular weight is 238 g/mol. The Balaban J connectivity index is 2.18. The van der Waals surface area contributed by atoms with Crippen molar-refractivity contribution >= 4 is 12.0 Å². The Kier molecular flexibility index (Phi) is 2.99. The van der Waals surface area contributed by atoms with Crippen molar-refractivity contribution in [3.8, 4) is 0 Å². The standard InChI is InChI=1S/C10H14N4O3/c1-11-9(15)7-5-13-3-4-14(10(16)17-2)6-8(13)12-7/h5H,3-4,6H2,1-2H3,(H,11,15). The first-order valence-corrected chi connectivity index (χ1v) is 5.26. The molecule has 2 heterocycles. The second-order valence-electron chi connectivity index (χ2n) is 3.71. The summed E-state index contributed by atoms with van der Waals surface area (Å²) in [6.45, 7) is 1.54. The third-order valence-electron chi connectivity index (χ3n) is 2.69. The van der Waals surface area contributed by atoms with Crippen LogP contribution in [0.1, 0.15) is 16.3 Å². The number of fused-ring (bicyclic) bond motifs is 1. The number of aromatic nitrogens is 2. The summed E-state index contributed by atoms with van der Waals surface area (Å²) in [6.07, 6.45) is 1.32. The van der Waals surface area contributed by atoms with Crippen LogP contribution in [0.5, 0.6) is 0 Å². The van der Waals surface area contributed by atoms with Gasteiger partial charge in [0.05, 0.1) is 13.7 Å². The summed E-state index contributed by atoms with van der Waals surface area (Å²) < 4.78 is 6.53. The van der Waals surface area contributed by atoms with E-state index in [1.807, 2.05) is 4.57 Å². The van der Waals surface area contributed by atoms with Crippen LogP contribution in [0.3, 0.4) is 0 Å². The Morgan fingerprint density at radius 1 is 1.47 bits per heavy atom. The minimum absolute atomic E-state index is 0.225. The first kappa shape index (κ1) is 11.4. The molecule has 2 rings (SSSR count). The van der Waals surface area contributed by atoms with Crippen LogP contribution >= 0.6 is 0 Å². The van der Waals surface area contributed by atoms with Crippen molar-refractivity contribution in [2.24, 2.45) is 0 Å². The maximum atomic E-state index is 11.4. The van der Waals surface area contributed by atoms with Gasteiger partial charge in [0.25, 0.3) is 5.91 Å². The van der Waals surface area contributed by atoms with Gasteiger partial charge in [-0.3, -0.25) is 9.69 Å². The maximum Gasteiger partial charge on any atom is 0.409 e. The minimum atomic E-state index is -0.374. The highest BCUT2D eigenvalue weighted by molar-refractivity contribution is 5.91. The van der Waals surface area contributed by atoms with E-state index in [1.54, 1.807) is 18.1 Å². The van der Waals surface area contributed by atoms with Gasteiger partial charge in [-0.25, -0.2) is 9.78 Å². The van der Waals surface area contributed by atoms with Crippen LogP contribution in [-0.4, -0.2) is 47.2 Å². The molecule has 1 aromatic rings. The van der Waals surface area contributed by atoms with Crippen molar-refractivity contribution < 1.29 is 14.3 Å². The SMILES string of the molecule is CNC(=O)c1cn2c(n1)CN(C(=O)OC)CC2. The maximum absolute atomic E-state index is 11.4. The number of nitrogens with zero attached hydrogens (tertiary/aromatic N) is 3. The molecular formula is C10H14N4O3. The monoisotopic (exact) mass is 238 g/mol. The lowest BCUT2D eigenvalue weighted by atomic mass is 10.4. The fraction of sp³-hybridized carbons (Fsp3) is 0.500. The lowest BCUT2D eigenvalue weighted by Crippen LogP contribution is -2.38. The Bertz CT molecular complexity index is 454. The number of imidazole rings is 1. The Morgan fingerprint density at radius 2 is 2.24 bits per heavy atom. The number of ether oxygens (including phenoxy) is 1. The summed E-state index contributed by atoms with van der Waals surface area (Å²) in [4.78, 5) is 28.5. The lowest BCUT2D eigenvalue weighted by molar-refractivity contribution is 0.0958. The van der Waals surface area contributed by atoms with Gasteiger partial charge in [-0.05, 0) is 0 Å². The van der Waals surface area contributed by atoms with Crippen LogP contribution in [0, 0.1) is 0 Å². The fourth-order valence-electron chi connectivity index (χ4n) is 1.77. The molecule has 2 amide bonds. The van der Waals surface area contributed by atoms with Gasteiger partial charge in [0.2, 0.25) is 0 Å². The molecule has 1 aromatic heterocycles. The first-order valence-electron chi connectivity index (χ1n) is 5.26. The predicted molar refractivity (Wildman–Crippen MR) is 58.4 cm³/mol. The molecule has 0 aliphatic carbocycles. The molecule has 7 nitrogen and oxygen atoms in total. The van der Waals surface area contributed by atoms with Crippen molar-refractivity contribution in [1.29, 1.82) is 0 Å². The van der Waals surface area contributed by atoms with Crippen LogP contribution < -0.4 is 5.32 Å². The molecule has 0 fully saturated rings. The van der Waals surface area contributed by atoms with Crippen LogP contribution in [-0.2, 0) is 17.8 Å². The zero-order chi connectivity index (χ0) is 12.4. The van der Waals surface area contributed by atoms with Gasteiger partial charge in [0.1, 0.15) is 11.5 Å². The predicted octanol–water partition coefficient (Wildman–Crippen LogP) is -0.175. The largest absolute Gasteiger partial charge is 0.453 e. The number of rotatable bonds is 1. The van der Waals surface area contributed by atoms with Gasteiger partial charge >= 0.3 is 6.09 Å². The van der Waals surface area contributed by atoms with Crippen molar-refractivity contribution in [1.82, 2.24) is 19.8 Å². The second-order valence-corrected chi connectivity index (χ2v) is 3.71. The first-order chi connectivity index (χ1) is 8.15. The van der Waals surface area contributed by atoms with E-state index < -0.39 is 0 Å². The minimum Gasteiger partial charge on any atom is -0.453 e. The van der Waals surface area contributed by atoms with E-state index in [2.05, 4.69) is 15.0 Å². The van der Waals surface area contributed by atoms with Crippen LogP contribution in [0.4, 0.5) is 4.79 Å². The van der Waals surface area contributed by atoms with Crippen molar-refractivity contribution in [2.45, 2.75) is 13.1 Å². The molecule has 0 unspecified atom stereocenters. The molecule has 0 atom stereocenters. The number of methoxy groups -OCH3 is 1. The van der Waals surface area contributed by atoms with E-state index >= 15 is 0 Å². The molecule has 7 heteroatoms. The van der Waals surface area contributed by atoms with Gasteiger partial charge in [0.15, 0.2) is 0 Å². The molecule has 1 aliphatic rings. The molecule has 92 valence electrons. The van der Waals surface area contributed by atoms with Gasteiger partial charge < -0.3 is 14.6 Å². The third-order valence-corrected chi connectivity index (χ3v) is 2.69. The lowest BCUT2D eigenvalue weighted by Gasteiger charge is -2.26. The average Bonchev–Trinajstić information content (AvgIpc) is 2.79.